The third-order valence-electron chi connectivity index (χ3n) is 2.84. The highest BCUT2D eigenvalue weighted by Crippen LogP contribution is 2.35. The van der Waals surface area contributed by atoms with Crippen LogP contribution in [0, 0.1) is 11.3 Å². The van der Waals surface area contributed by atoms with E-state index in [0.29, 0.717) is 16.4 Å². The first-order chi connectivity index (χ1) is 10.2. The zero-order valence-corrected chi connectivity index (χ0v) is 13.2. The molecule has 0 aliphatic rings. The second-order valence-electron chi connectivity index (χ2n) is 4.36. The number of unbranched alkanes of at least 4 members (excludes halogenated alkanes) is 2. The first-order valence-electron chi connectivity index (χ1n) is 6.88. The molecule has 0 saturated carbocycles. The average molecular weight is 311 g/mol. The Balaban J connectivity index is 2.68. The molecule has 0 unspecified atom stereocenters. The minimum absolute atomic E-state index is 0.197. The molecule has 0 aliphatic heterocycles. The molecule has 1 aromatic rings. The van der Waals surface area contributed by atoms with Gasteiger partial charge in [0.1, 0.15) is 21.5 Å². The van der Waals surface area contributed by atoms with Crippen LogP contribution in [0.4, 0.5) is 10.7 Å². The average Bonchev–Trinajstić information content (AvgIpc) is 2.79. The van der Waals surface area contributed by atoms with Crippen molar-refractivity contribution < 1.29 is 14.3 Å². The number of nitrogens with zero attached hydrogens (tertiary/aromatic N) is 1. The van der Waals surface area contributed by atoms with Gasteiger partial charge in [-0.1, -0.05) is 0 Å². The molecule has 6 nitrogen and oxygen atoms in total. The zero-order valence-electron chi connectivity index (χ0n) is 12.4. The van der Waals surface area contributed by atoms with E-state index >= 15 is 0 Å². The lowest BCUT2D eigenvalue weighted by atomic mass is 10.2. The Morgan fingerprint density at radius 2 is 2.19 bits per heavy atom. The Labute approximate surface area is 128 Å². The number of esters is 1. The maximum Gasteiger partial charge on any atom is 0.343 e. The van der Waals surface area contributed by atoms with E-state index in [9.17, 15) is 4.79 Å². The van der Waals surface area contributed by atoms with Gasteiger partial charge in [-0.3, -0.25) is 0 Å². The fourth-order valence-corrected chi connectivity index (χ4v) is 2.74. The van der Waals surface area contributed by atoms with Gasteiger partial charge in [-0.15, -0.1) is 11.3 Å². The standard InChI is InChI=1S/C14H21N3O3S/c1-3-20-14(18)11-12(16)10(9-15)21-13(11)17-7-5-4-6-8-19-2/h17H,3-8,16H2,1-2H3. The van der Waals surface area contributed by atoms with Crippen molar-refractivity contribution in [3.63, 3.8) is 0 Å². The fraction of sp³-hybridized carbons (Fsp3) is 0.571. The van der Waals surface area contributed by atoms with Gasteiger partial charge in [0.2, 0.25) is 0 Å². The van der Waals surface area contributed by atoms with Crippen molar-refractivity contribution in [2.45, 2.75) is 26.2 Å². The number of hydrogen-bond donors (Lipinski definition) is 2. The number of nitrogen functional groups attached to an aromatic ring is 1. The van der Waals surface area contributed by atoms with Crippen LogP contribution < -0.4 is 11.1 Å². The number of nitrogens with two attached hydrogens (primary N) is 1. The highest BCUT2D eigenvalue weighted by atomic mass is 32.1. The molecule has 116 valence electrons. The van der Waals surface area contributed by atoms with Gasteiger partial charge in [-0.05, 0) is 26.2 Å². The van der Waals surface area contributed by atoms with Gasteiger partial charge in [0.25, 0.3) is 0 Å². The lowest BCUT2D eigenvalue weighted by molar-refractivity contribution is 0.0529. The fourth-order valence-electron chi connectivity index (χ4n) is 1.81. The van der Waals surface area contributed by atoms with Gasteiger partial charge >= 0.3 is 5.97 Å². The summed E-state index contributed by atoms with van der Waals surface area (Å²) in [6.07, 6.45) is 2.98. The number of rotatable bonds is 9. The number of hydrogen-bond acceptors (Lipinski definition) is 7. The first kappa shape index (κ1) is 17.3. The molecule has 1 aromatic heterocycles. The molecule has 0 fully saturated rings. The van der Waals surface area contributed by atoms with Crippen molar-refractivity contribution in [3.05, 3.63) is 10.4 Å². The Morgan fingerprint density at radius 3 is 2.81 bits per heavy atom. The van der Waals surface area contributed by atoms with E-state index in [0.717, 1.165) is 25.9 Å². The minimum atomic E-state index is -0.491. The van der Waals surface area contributed by atoms with Crippen molar-refractivity contribution in [3.8, 4) is 6.07 Å². The Morgan fingerprint density at radius 1 is 1.43 bits per heavy atom. The van der Waals surface area contributed by atoms with Crippen LogP contribution in [0.25, 0.3) is 0 Å². The summed E-state index contributed by atoms with van der Waals surface area (Å²) in [5.41, 5.74) is 6.32. The number of thiophene rings is 1. The normalized spacial score (nSPS) is 10.1. The van der Waals surface area contributed by atoms with Crippen molar-refractivity contribution >= 4 is 28.0 Å². The van der Waals surface area contributed by atoms with Gasteiger partial charge in [0, 0.05) is 20.3 Å². The first-order valence-corrected chi connectivity index (χ1v) is 7.69. The molecule has 0 aliphatic carbocycles. The summed E-state index contributed by atoms with van der Waals surface area (Å²) < 4.78 is 9.97. The Kier molecular flexibility index (Phi) is 7.58. The molecule has 0 amide bonds. The van der Waals surface area contributed by atoms with Crippen LogP contribution in [-0.4, -0.2) is 32.8 Å². The van der Waals surface area contributed by atoms with E-state index in [1.807, 2.05) is 6.07 Å². The van der Waals surface area contributed by atoms with E-state index in [4.69, 9.17) is 20.5 Å². The molecule has 0 aromatic carbocycles. The molecule has 0 bridgehead atoms. The second kappa shape index (κ2) is 9.21. The number of carbonyl (C=O) groups excluding carboxylic acids is 1. The monoisotopic (exact) mass is 311 g/mol. The van der Waals surface area contributed by atoms with Gasteiger partial charge in [-0.2, -0.15) is 5.26 Å². The number of nitrogens with one attached hydrogen (secondary N) is 1. The van der Waals surface area contributed by atoms with E-state index in [1.54, 1.807) is 14.0 Å². The van der Waals surface area contributed by atoms with Crippen LogP contribution in [-0.2, 0) is 9.47 Å². The highest BCUT2D eigenvalue weighted by Gasteiger charge is 2.22. The molecular weight excluding hydrogens is 290 g/mol. The smallest absolute Gasteiger partial charge is 0.343 e. The molecular formula is C14H21N3O3S. The maximum absolute atomic E-state index is 11.9. The minimum Gasteiger partial charge on any atom is -0.462 e. The summed E-state index contributed by atoms with van der Waals surface area (Å²) in [5, 5.41) is 12.8. The molecule has 0 saturated heterocycles. The molecule has 7 heteroatoms. The third kappa shape index (κ3) is 4.92. The SMILES string of the molecule is CCOC(=O)c1c(NCCCCCOC)sc(C#N)c1N. The largest absolute Gasteiger partial charge is 0.462 e. The quantitative estimate of drug-likeness (QED) is 0.537. The number of anilines is 2. The Hall–Kier alpha value is -1.78. The summed E-state index contributed by atoms with van der Waals surface area (Å²) in [5.74, 6) is -0.491. The summed E-state index contributed by atoms with van der Waals surface area (Å²) in [6.45, 7) is 3.46. The topological polar surface area (TPSA) is 97.4 Å². The summed E-state index contributed by atoms with van der Waals surface area (Å²) in [4.78, 5) is 12.3. The van der Waals surface area contributed by atoms with Crippen molar-refractivity contribution in [2.75, 3.05) is 37.9 Å². The van der Waals surface area contributed by atoms with Crippen LogP contribution in [0.3, 0.4) is 0 Å². The number of methoxy groups -OCH3 is 1. The molecule has 1 heterocycles. The predicted molar refractivity (Wildman–Crippen MR) is 83.6 cm³/mol. The van der Waals surface area contributed by atoms with E-state index in [2.05, 4.69) is 5.32 Å². The molecule has 0 spiro atoms. The Bertz CT molecular complexity index is 508. The van der Waals surface area contributed by atoms with Gasteiger partial charge < -0.3 is 20.5 Å². The number of carbonyl (C=O) groups is 1. The molecule has 0 radical (unpaired) electrons. The van der Waals surface area contributed by atoms with Crippen molar-refractivity contribution in [1.82, 2.24) is 0 Å². The van der Waals surface area contributed by atoms with Crippen LogP contribution in [0.2, 0.25) is 0 Å². The van der Waals surface area contributed by atoms with Gasteiger partial charge in [0.15, 0.2) is 0 Å². The molecule has 1 rings (SSSR count). The number of nitriles is 1. The molecule has 21 heavy (non-hydrogen) atoms. The predicted octanol–water partition coefficient (Wildman–Crippen LogP) is 2.61. The van der Waals surface area contributed by atoms with Crippen LogP contribution >= 0.6 is 11.3 Å². The number of ether oxygens (including phenoxy) is 2. The summed E-state index contributed by atoms with van der Waals surface area (Å²) in [7, 11) is 1.68. The molecule has 3 N–H and O–H groups in total. The second-order valence-corrected chi connectivity index (χ2v) is 5.38. The van der Waals surface area contributed by atoms with Gasteiger partial charge in [-0.25, -0.2) is 4.79 Å². The summed E-state index contributed by atoms with van der Waals surface area (Å²) in [6, 6.07) is 2.00. The van der Waals surface area contributed by atoms with Crippen LogP contribution in [0.5, 0.6) is 0 Å². The lowest BCUT2D eigenvalue weighted by Gasteiger charge is -2.07. The zero-order chi connectivity index (χ0) is 15.7. The van der Waals surface area contributed by atoms with E-state index in [1.165, 1.54) is 11.3 Å². The maximum atomic E-state index is 11.9. The van der Waals surface area contributed by atoms with E-state index < -0.39 is 5.97 Å². The van der Waals surface area contributed by atoms with Gasteiger partial charge in [0.05, 0.1) is 12.3 Å². The van der Waals surface area contributed by atoms with Crippen LogP contribution in [0.1, 0.15) is 41.4 Å². The lowest BCUT2D eigenvalue weighted by Crippen LogP contribution is -2.10. The van der Waals surface area contributed by atoms with Crippen molar-refractivity contribution in [1.29, 1.82) is 5.26 Å². The van der Waals surface area contributed by atoms with Crippen molar-refractivity contribution in [2.24, 2.45) is 0 Å². The molecule has 0 atom stereocenters. The van der Waals surface area contributed by atoms with Crippen LogP contribution in [0.15, 0.2) is 0 Å². The highest BCUT2D eigenvalue weighted by molar-refractivity contribution is 7.17. The third-order valence-corrected chi connectivity index (χ3v) is 3.90. The summed E-state index contributed by atoms with van der Waals surface area (Å²) >= 11 is 1.19. The van der Waals surface area contributed by atoms with E-state index in [-0.39, 0.29) is 17.9 Å².